The topological polar surface area (TPSA) is 77.4 Å². The van der Waals surface area contributed by atoms with Crippen LogP contribution in [0.4, 0.5) is 0 Å². The fourth-order valence-corrected chi connectivity index (χ4v) is 3.28. The summed E-state index contributed by atoms with van der Waals surface area (Å²) in [6.45, 7) is 6.51. The Balaban J connectivity index is 2.43. The molecule has 0 aliphatic carbocycles. The van der Waals surface area contributed by atoms with Gasteiger partial charge in [0.25, 0.3) is 11.5 Å². The average molecular weight is 384 g/mol. The number of nitrogens with zero attached hydrogens (tertiary/aromatic N) is 1. The molecule has 1 atom stereocenters. The van der Waals surface area contributed by atoms with Gasteiger partial charge in [-0.05, 0) is 37.0 Å². The number of esters is 1. The Morgan fingerprint density at radius 3 is 2.43 bits per heavy atom. The number of aromatic nitrogens is 1. The number of carbonyl (C=O) groups is 2. The van der Waals surface area contributed by atoms with E-state index in [4.69, 9.17) is 4.74 Å². The molecule has 150 valence electrons. The second-order valence-corrected chi connectivity index (χ2v) is 6.69. The van der Waals surface area contributed by atoms with Gasteiger partial charge in [-0.15, -0.1) is 0 Å². The van der Waals surface area contributed by atoms with Crippen LogP contribution in [0.3, 0.4) is 0 Å². The number of carbonyl (C=O) groups excluding carboxylic acids is 2. The highest BCUT2D eigenvalue weighted by Crippen LogP contribution is 2.16. The lowest BCUT2D eigenvalue weighted by Gasteiger charge is -2.19. The van der Waals surface area contributed by atoms with Crippen LogP contribution in [0.1, 0.15) is 59.9 Å². The molecule has 1 aromatic heterocycles. The number of nitrogens with one attached hydrogen (secondary N) is 1. The smallest absolute Gasteiger partial charge is 0.333 e. The lowest BCUT2D eigenvalue weighted by molar-refractivity contribution is -0.143. The first-order valence-corrected chi connectivity index (χ1v) is 9.61. The molecule has 1 aromatic carbocycles. The van der Waals surface area contributed by atoms with E-state index in [0.29, 0.717) is 18.5 Å². The summed E-state index contributed by atoms with van der Waals surface area (Å²) in [5, 5.41) is 2.66. The minimum Gasteiger partial charge on any atom is -0.467 e. The van der Waals surface area contributed by atoms with Gasteiger partial charge in [-0.2, -0.15) is 0 Å². The number of hydrogen-bond acceptors (Lipinski definition) is 4. The van der Waals surface area contributed by atoms with Crippen LogP contribution < -0.4 is 10.9 Å². The maximum absolute atomic E-state index is 13.0. The van der Waals surface area contributed by atoms with Gasteiger partial charge in [0.1, 0.15) is 5.56 Å². The van der Waals surface area contributed by atoms with Gasteiger partial charge in [-0.1, -0.05) is 50.6 Å². The van der Waals surface area contributed by atoms with Crippen molar-refractivity contribution in [3.63, 3.8) is 0 Å². The van der Waals surface area contributed by atoms with Crippen LogP contribution in [0, 0.1) is 6.92 Å². The molecular weight excluding hydrogens is 356 g/mol. The summed E-state index contributed by atoms with van der Waals surface area (Å²) in [7, 11) is 1.27. The quantitative estimate of drug-likeness (QED) is 0.709. The summed E-state index contributed by atoms with van der Waals surface area (Å²) < 4.78 is 6.52. The second-order valence-electron chi connectivity index (χ2n) is 6.69. The number of pyridine rings is 1. The predicted molar refractivity (Wildman–Crippen MR) is 108 cm³/mol. The van der Waals surface area contributed by atoms with E-state index in [9.17, 15) is 14.4 Å². The molecule has 1 N–H and O–H groups in total. The Labute approximate surface area is 165 Å². The fourth-order valence-electron chi connectivity index (χ4n) is 3.28. The van der Waals surface area contributed by atoms with Crippen LogP contribution in [0.2, 0.25) is 0 Å². The van der Waals surface area contributed by atoms with Crippen LogP contribution in [0.25, 0.3) is 0 Å². The van der Waals surface area contributed by atoms with Crippen molar-refractivity contribution >= 4 is 11.9 Å². The Bertz CT molecular complexity index is 887. The van der Waals surface area contributed by atoms with Gasteiger partial charge in [0, 0.05) is 12.2 Å². The number of hydrogen-bond donors (Lipinski definition) is 1. The summed E-state index contributed by atoms with van der Waals surface area (Å²) in [6, 6.07) is 9.45. The molecule has 1 unspecified atom stereocenters. The summed E-state index contributed by atoms with van der Waals surface area (Å²) >= 11 is 0. The van der Waals surface area contributed by atoms with Gasteiger partial charge in [-0.25, -0.2) is 4.79 Å². The van der Waals surface area contributed by atoms with E-state index >= 15 is 0 Å². The highest BCUT2D eigenvalue weighted by atomic mass is 16.5. The van der Waals surface area contributed by atoms with Gasteiger partial charge in [0.05, 0.1) is 7.11 Å². The molecule has 0 fully saturated rings. The third-order valence-corrected chi connectivity index (χ3v) is 4.78. The van der Waals surface area contributed by atoms with Crippen molar-refractivity contribution in [3.05, 3.63) is 69.1 Å². The number of aryl methyl sites for hydroxylation is 1. The van der Waals surface area contributed by atoms with Crippen molar-refractivity contribution in [2.45, 2.75) is 52.6 Å². The molecule has 0 bridgehead atoms. The molecular formula is C22H28N2O4. The Morgan fingerprint density at radius 1 is 1.18 bits per heavy atom. The first-order valence-electron chi connectivity index (χ1n) is 9.61. The van der Waals surface area contributed by atoms with Crippen LogP contribution in [0.5, 0.6) is 0 Å². The largest absolute Gasteiger partial charge is 0.467 e. The first-order chi connectivity index (χ1) is 13.4. The zero-order chi connectivity index (χ0) is 20.7. The fraction of sp³-hybridized carbons (Fsp3) is 0.409. The molecule has 6 nitrogen and oxygen atoms in total. The molecule has 0 saturated carbocycles. The number of methoxy groups -OCH3 is 1. The summed E-state index contributed by atoms with van der Waals surface area (Å²) in [5.74, 6) is -1.17. The maximum Gasteiger partial charge on any atom is 0.333 e. The molecule has 2 rings (SSSR count). The summed E-state index contributed by atoms with van der Waals surface area (Å²) in [6.07, 6.45) is 2.51. The minimum atomic E-state index is -0.978. The summed E-state index contributed by atoms with van der Waals surface area (Å²) in [5.41, 5.74) is 2.12. The van der Waals surface area contributed by atoms with E-state index in [1.54, 1.807) is 34.9 Å². The van der Waals surface area contributed by atoms with E-state index in [2.05, 4.69) is 12.2 Å². The molecule has 0 aliphatic heterocycles. The standard InChI is InChI=1S/C22H28N2O4/c1-5-7-13-24-18(6-2)15(3)14-17(21(24)26)20(25)23-19(22(27)28-4)16-11-9-8-10-12-16/h8-12,14,19H,5-7,13H2,1-4H3,(H,23,25). The van der Waals surface area contributed by atoms with Gasteiger partial charge in [0.15, 0.2) is 6.04 Å². The maximum atomic E-state index is 13.0. The van der Waals surface area contributed by atoms with Crippen molar-refractivity contribution in [2.75, 3.05) is 7.11 Å². The number of ether oxygens (including phenoxy) is 1. The van der Waals surface area contributed by atoms with E-state index in [1.807, 2.05) is 19.9 Å². The average Bonchev–Trinajstić information content (AvgIpc) is 2.72. The molecule has 0 spiro atoms. The molecule has 0 saturated heterocycles. The first kappa shape index (κ1) is 21.4. The zero-order valence-corrected chi connectivity index (χ0v) is 17.0. The Morgan fingerprint density at radius 2 is 1.86 bits per heavy atom. The van der Waals surface area contributed by atoms with E-state index in [-0.39, 0.29) is 11.1 Å². The molecule has 6 heteroatoms. The predicted octanol–water partition coefficient (Wildman–Crippen LogP) is 3.16. The van der Waals surface area contributed by atoms with Crippen molar-refractivity contribution in [1.82, 2.24) is 9.88 Å². The van der Waals surface area contributed by atoms with Crippen molar-refractivity contribution in [2.24, 2.45) is 0 Å². The van der Waals surface area contributed by atoms with Crippen LogP contribution >= 0.6 is 0 Å². The minimum absolute atomic E-state index is 0.0376. The monoisotopic (exact) mass is 384 g/mol. The zero-order valence-electron chi connectivity index (χ0n) is 17.0. The normalized spacial score (nSPS) is 11.7. The highest BCUT2D eigenvalue weighted by Gasteiger charge is 2.26. The number of amides is 1. The Hall–Kier alpha value is -2.89. The van der Waals surface area contributed by atoms with Crippen molar-refractivity contribution < 1.29 is 14.3 Å². The molecule has 28 heavy (non-hydrogen) atoms. The van der Waals surface area contributed by atoms with Gasteiger partial charge >= 0.3 is 5.97 Å². The second kappa shape index (κ2) is 9.88. The number of rotatable bonds is 8. The van der Waals surface area contributed by atoms with Crippen LogP contribution in [-0.2, 0) is 22.5 Å². The van der Waals surface area contributed by atoms with Gasteiger partial charge < -0.3 is 14.6 Å². The third-order valence-electron chi connectivity index (χ3n) is 4.78. The molecule has 0 radical (unpaired) electrons. The van der Waals surface area contributed by atoms with E-state index in [0.717, 1.165) is 24.1 Å². The summed E-state index contributed by atoms with van der Waals surface area (Å²) in [4.78, 5) is 38.1. The Kier molecular flexibility index (Phi) is 7.55. The molecule has 2 aromatic rings. The molecule has 1 amide bonds. The lowest BCUT2D eigenvalue weighted by Crippen LogP contribution is -2.39. The van der Waals surface area contributed by atoms with E-state index < -0.39 is 17.9 Å². The van der Waals surface area contributed by atoms with Crippen molar-refractivity contribution in [3.8, 4) is 0 Å². The number of benzene rings is 1. The third kappa shape index (κ3) is 4.68. The SMILES string of the molecule is CCCCn1c(CC)c(C)cc(C(=O)NC(C(=O)OC)c2ccccc2)c1=O. The van der Waals surface area contributed by atoms with Crippen molar-refractivity contribution in [1.29, 1.82) is 0 Å². The molecule has 1 heterocycles. The van der Waals surface area contributed by atoms with Gasteiger partial charge in [-0.3, -0.25) is 9.59 Å². The highest BCUT2D eigenvalue weighted by molar-refractivity contribution is 5.97. The van der Waals surface area contributed by atoms with Crippen LogP contribution in [0.15, 0.2) is 41.2 Å². The molecule has 0 aliphatic rings. The van der Waals surface area contributed by atoms with E-state index in [1.165, 1.54) is 7.11 Å². The van der Waals surface area contributed by atoms with Crippen LogP contribution in [-0.4, -0.2) is 23.6 Å². The van der Waals surface area contributed by atoms with Gasteiger partial charge in [0.2, 0.25) is 0 Å². The lowest BCUT2D eigenvalue weighted by atomic mass is 10.1. The number of unbranched alkanes of at least 4 members (excludes halogenated alkanes) is 1.